The third-order valence-corrected chi connectivity index (χ3v) is 6.08. The van der Waals surface area contributed by atoms with Crippen molar-refractivity contribution in [3.8, 4) is 11.6 Å². The maximum Gasteiger partial charge on any atom is 0.264 e. The van der Waals surface area contributed by atoms with Crippen LogP contribution in [0.25, 0.3) is 11.6 Å². The molecule has 0 amide bonds. The lowest BCUT2D eigenvalue weighted by atomic mass is 9.88. The van der Waals surface area contributed by atoms with Crippen LogP contribution >= 0.6 is 0 Å². The number of benzene rings is 1. The van der Waals surface area contributed by atoms with Gasteiger partial charge in [-0.3, -0.25) is 0 Å². The zero-order valence-corrected chi connectivity index (χ0v) is 15.2. The second-order valence-electron chi connectivity index (χ2n) is 6.37. The van der Waals surface area contributed by atoms with E-state index >= 15 is 0 Å². The molecule has 1 aliphatic carbocycles. The predicted octanol–water partition coefficient (Wildman–Crippen LogP) is 2.98. The van der Waals surface area contributed by atoms with E-state index < -0.39 is 10.0 Å². The monoisotopic (exact) mass is 372 g/mol. The van der Waals surface area contributed by atoms with E-state index in [1.165, 1.54) is 17.8 Å². The molecular formula is C18H20N4O3S. The van der Waals surface area contributed by atoms with Crippen molar-refractivity contribution in [2.75, 3.05) is 0 Å². The molecule has 1 aliphatic rings. The average Bonchev–Trinajstić information content (AvgIpc) is 3.31. The van der Waals surface area contributed by atoms with Gasteiger partial charge in [-0.25, -0.2) is 13.1 Å². The van der Waals surface area contributed by atoms with Crippen LogP contribution in [0.2, 0.25) is 0 Å². The zero-order valence-electron chi connectivity index (χ0n) is 14.4. The summed E-state index contributed by atoms with van der Waals surface area (Å²) >= 11 is 0. The third-order valence-electron chi connectivity index (χ3n) is 4.63. The first-order chi connectivity index (χ1) is 12.6. The standard InChI is InChI=1S/C18H20N4O3S/c1-2-17-20-21-18(25-17)16-10-13(11-19-16)26(23,24)22-15-9-5-7-12-6-3-4-8-14(12)15/h3-4,6,8,10-11,15,19,22H,2,5,7,9H2,1H3. The predicted molar refractivity (Wildman–Crippen MR) is 95.9 cm³/mol. The number of hydrogen-bond acceptors (Lipinski definition) is 5. The van der Waals surface area contributed by atoms with Crippen molar-refractivity contribution in [3.05, 3.63) is 53.5 Å². The van der Waals surface area contributed by atoms with E-state index in [-0.39, 0.29) is 16.8 Å². The van der Waals surface area contributed by atoms with Gasteiger partial charge in [-0.1, -0.05) is 31.2 Å². The Morgan fingerprint density at radius 2 is 2.15 bits per heavy atom. The van der Waals surface area contributed by atoms with Crippen molar-refractivity contribution in [3.63, 3.8) is 0 Å². The lowest BCUT2D eigenvalue weighted by Crippen LogP contribution is -2.30. The molecule has 0 radical (unpaired) electrons. The Balaban J connectivity index is 1.58. The van der Waals surface area contributed by atoms with Gasteiger partial charge in [0.2, 0.25) is 15.9 Å². The fourth-order valence-corrected chi connectivity index (χ4v) is 4.53. The van der Waals surface area contributed by atoms with Gasteiger partial charge in [0.15, 0.2) is 0 Å². The highest BCUT2D eigenvalue weighted by atomic mass is 32.2. The van der Waals surface area contributed by atoms with Crippen molar-refractivity contribution in [1.29, 1.82) is 0 Å². The number of nitrogens with one attached hydrogen (secondary N) is 2. The normalized spacial score (nSPS) is 17.2. The summed E-state index contributed by atoms with van der Waals surface area (Å²) in [6.07, 6.45) is 4.81. The first-order valence-corrected chi connectivity index (χ1v) is 10.2. The number of aromatic nitrogens is 3. The molecule has 4 rings (SSSR count). The van der Waals surface area contributed by atoms with Crippen LogP contribution < -0.4 is 4.72 Å². The Kier molecular flexibility index (Phi) is 4.37. The summed E-state index contributed by atoms with van der Waals surface area (Å²) < 4.78 is 33.9. The Labute approximate surface area is 151 Å². The molecule has 8 heteroatoms. The van der Waals surface area contributed by atoms with Gasteiger partial charge < -0.3 is 9.40 Å². The SMILES string of the molecule is CCc1nnc(-c2cc(S(=O)(=O)NC3CCCc4ccccc43)c[nH]2)o1. The fourth-order valence-electron chi connectivity index (χ4n) is 3.29. The number of nitrogens with zero attached hydrogens (tertiary/aromatic N) is 2. The molecule has 0 saturated heterocycles. The number of fused-ring (bicyclic) bond motifs is 1. The number of aromatic amines is 1. The summed E-state index contributed by atoms with van der Waals surface area (Å²) in [6, 6.07) is 9.30. The molecule has 26 heavy (non-hydrogen) atoms. The van der Waals surface area contributed by atoms with Gasteiger partial charge in [-0.15, -0.1) is 10.2 Å². The quantitative estimate of drug-likeness (QED) is 0.717. The van der Waals surface area contributed by atoms with Crippen molar-refractivity contribution in [2.45, 2.75) is 43.5 Å². The summed E-state index contributed by atoms with van der Waals surface area (Å²) in [5.74, 6) is 0.794. The van der Waals surface area contributed by atoms with Gasteiger partial charge in [0, 0.05) is 18.7 Å². The average molecular weight is 372 g/mol. The Morgan fingerprint density at radius 3 is 2.96 bits per heavy atom. The molecule has 136 valence electrons. The van der Waals surface area contributed by atoms with E-state index in [1.54, 1.807) is 0 Å². The van der Waals surface area contributed by atoms with Crippen LogP contribution in [0.5, 0.6) is 0 Å². The Hall–Kier alpha value is -2.45. The first kappa shape index (κ1) is 17.0. The molecule has 2 N–H and O–H groups in total. The topological polar surface area (TPSA) is 101 Å². The maximum atomic E-state index is 12.8. The number of aryl methyl sites for hydroxylation is 2. The molecule has 1 aromatic carbocycles. The van der Waals surface area contributed by atoms with Crippen LogP contribution in [0.3, 0.4) is 0 Å². The van der Waals surface area contributed by atoms with Crippen LogP contribution in [0, 0.1) is 0 Å². The molecule has 1 unspecified atom stereocenters. The van der Waals surface area contributed by atoms with Crippen LogP contribution in [0.15, 0.2) is 45.8 Å². The summed E-state index contributed by atoms with van der Waals surface area (Å²) in [7, 11) is -3.66. The highest BCUT2D eigenvalue weighted by Gasteiger charge is 2.26. The van der Waals surface area contributed by atoms with Crippen molar-refractivity contribution >= 4 is 10.0 Å². The summed E-state index contributed by atoms with van der Waals surface area (Å²) in [6.45, 7) is 1.91. The molecule has 1 atom stereocenters. The van der Waals surface area contributed by atoms with E-state index in [2.05, 4.69) is 26.0 Å². The maximum absolute atomic E-state index is 12.8. The highest BCUT2D eigenvalue weighted by molar-refractivity contribution is 7.89. The van der Waals surface area contributed by atoms with Crippen molar-refractivity contribution in [1.82, 2.24) is 19.9 Å². The van der Waals surface area contributed by atoms with Gasteiger partial charge in [-0.2, -0.15) is 0 Å². The minimum Gasteiger partial charge on any atom is -0.419 e. The summed E-state index contributed by atoms with van der Waals surface area (Å²) in [4.78, 5) is 3.07. The molecule has 3 aromatic rings. The Bertz CT molecular complexity index is 1020. The first-order valence-electron chi connectivity index (χ1n) is 8.68. The highest BCUT2D eigenvalue weighted by Crippen LogP contribution is 2.31. The fraction of sp³-hybridized carbons (Fsp3) is 0.333. The lowest BCUT2D eigenvalue weighted by molar-refractivity contribution is 0.507. The van der Waals surface area contributed by atoms with Gasteiger partial charge in [0.05, 0.1) is 0 Å². The van der Waals surface area contributed by atoms with Gasteiger partial charge in [-0.05, 0) is 36.5 Å². The van der Waals surface area contributed by atoms with Crippen LogP contribution in [0.4, 0.5) is 0 Å². The largest absolute Gasteiger partial charge is 0.419 e. The van der Waals surface area contributed by atoms with E-state index in [0.717, 1.165) is 24.8 Å². The smallest absolute Gasteiger partial charge is 0.264 e. The second-order valence-corrected chi connectivity index (χ2v) is 8.08. The van der Waals surface area contributed by atoms with E-state index in [1.807, 2.05) is 25.1 Å². The third kappa shape index (κ3) is 3.17. The van der Waals surface area contributed by atoms with Crippen LogP contribution in [-0.4, -0.2) is 23.6 Å². The number of sulfonamides is 1. The van der Waals surface area contributed by atoms with Crippen LogP contribution in [-0.2, 0) is 22.9 Å². The molecular weight excluding hydrogens is 352 g/mol. The van der Waals surface area contributed by atoms with E-state index in [4.69, 9.17) is 4.42 Å². The summed E-state index contributed by atoms with van der Waals surface area (Å²) in [5.41, 5.74) is 2.75. The number of rotatable bonds is 5. The molecule has 0 aliphatic heterocycles. The number of H-pyrrole nitrogens is 1. The van der Waals surface area contributed by atoms with Crippen LogP contribution in [0.1, 0.15) is 42.8 Å². The Morgan fingerprint density at radius 1 is 1.31 bits per heavy atom. The van der Waals surface area contributed by atoms with E-state index in [9.17, 15) is 8.42 Å². The molecule has 0 bridgehead atoms. The van der Waals surface area contributed by atoms with Crippen molar-refractivity contribution in [2.24, 2.45) is 0 Å². The molecule has 0 fully saturated rings. The lowest BCUT2D eigenvalue weighted by Gasteiger charge is -2.25. The molecule has 2 aromatic heterocycles. The van der Waals surface area contributed by atoms with Gasteiger partial charge in [0.1, 0.15) is 10.6 Å². The van der Waals surface area contributed by atoms with Crippen molar-refractivity contribution < 1.29 is 12.8 Å². The molecule has 0 spiro atoms. The summed E-state index contributed by atoms with van der Waals surface area (Å²) in [5, 5.41) is 7.83. The second kappa shape index (κ2) is 6.69. The molecule has 2 heterocycles. The van der Waals surface area contributed by atoms with Gasteiger partial charge >= 0.3 is 0 Å². The molecule has 7 nitrogen and oxygen atoms in total. The molecule has 0 saturated carbocycles. The minimum absolute atomic E-state index is 0.159. The van der Waals surface area contributed by atoms with Gasteiger partial charge in [0.25, 0.3) is 5.89 Å². The van der Waals surface area contributed by atoms with E-state index in [0.29, 0.717) is 18.0 Å². The minimum atomic E-state index is -3.66. The zero-order chi connectivity index (χ0) is 18.1. The number of hydrogen-bond donors (Lipinski definition) is 2.